The van der Waals surface area contributed by atoms with E-state index in [0.717, 1.165) is 37.1 Å². The van der Waals surface area contributed by atoms with E-state index in [4.69, 9.17) is 0 Å². The Morgan fingerprint density at radius 3 is 2.08 bits per heavy atom. The molecule has 1 aromatic carbocycles. The van der Waals surface area contributed by atoms with Gasteiger partial charge in [-0.05, 0) is 43.1 Å². The molecular weight excluding hydrogens is 358 g/mol. The van der Waals surface area contributed by atoms with Crippen molar-refractivity contribution in [1.29, 1.82) is 0 Å². The lowest BCUT2D eigenvalue weighted by molar-refractivity contribution is -0.142. The van der Waals surface area contributed by atoms with Crippen molar-refractivity contribution in [2.75, 3.05) is 6.54 Å². The molecule has 0 aliphatic carbocycles. The van der Waals surface area contributed by atoms with Crippen LogP contribution in [0.2, 0.25) is 0 Å². The van der Waals surface area contributed by atoms with Gasteiger partial charge in [-0.25, -0.2) is 4.98 Å². The Morgan fingerprint density at radius 1 is 0.846 bits per heavy atom. The van der Waals surface area contributed by atoms with Crippen molar-refractivity contribution in [3.63, 3.8) is 0 Å². The molecule has 1 N–H and O–H groups in total. The van der Waals surface area contributed by atoms with Crippen LogP contribution in [0.4, 0.5) is 26.3 Å². The maximum Gasteiger partial charge on any atom is 0.433 e. The van der Waals surface area contributed by atoms with Crippen LogP contribution in [0.1, 0.15) is 42.1 Å². The van der Waals surface area contributed by atoms with Gasteiger partial charge in [0.2, 0.25) is 0 Å². The summed E-state index contributed by atoms with van der Waals surface area (Å²) in [4.78, 5) is 3.74. The second-order valence-electron chi connectivity index (χ2n) is 6.21. The summed E-state index contributed by atoms with van der Waals surface area (Å²) < 4.78 is 78.3. The first-order chi connectivity index (χ1) is 12.2. The van der Waals surface area contributed by atoms with Crippen LogP contribution < -0.4 is 5.32 Å². The average molecular weight is 374 g/mol. The van der Waals surface area contributed by atoms with Gasteiger partial charge >= 0.3 is 12.4 Å². The van der Waals surface area contributed by atoms with Crippen molar-refractivity contribution in [2.45, 2.75) is 37.7 Å². The molecule has 1 aliphatic heterocycles. The third-order valence-electron chi connectivity index (χ3n) is 4.39. The number of rotatable bonds is 2. The highest BCUT2D eigenvalue weighted by atomic mass is 19.4. The average Bonchev–Trinajstić information content (AvgIpc) is 2.61. The number of aromatic nitrogens is 1. The van der Waals surface area contributed by atoms with Gasteiger partial charge in [0, 0.05) is 11.6 Å². The van der Waals surface area contributed by atoms with E-state index in [9.17, 15) is 26.3 Å². The molecule has 1 saturated heterocycles. The number of nitrogens with zero attached hydrogens (tertiary/aromatic N) is 1. The minimum atomic E-state index is -4.64. The van der Waals surface area contributed by atoms with E-state index in [1.807, 2.05) is 0 Å². The molecular formula is C18H16F6N2. The van der Waals surface area contributed by atoms with Crippen LogP contribution in [0.3, 0.4) is 0 Å². The molecule has 2 heterocycles. The van der Waals surface area contributed by atoms with Gasteiger partial charge in [0.15, 0.2) is 0 Å². The summed E-state index contributed by atoms with van der Waals surface area (Å²) in [6.45, 7) is 0.641. The smallest absolute Gasteiger partial charge is 0.310 e. The molecule has 0 bridgehead atoms. The monoisotopic (exact) mass is 374 g/mol. The van der Waals surface area contributed by atoms with Crippen molar-refractivity contribution < 1.29 is 26.3 Å². The molecule has 0 radical (unpaired) electrons. The van der Waals surface area contributed by atoms with Crippen molar-refractivity contribution in [3.05, 3.63) is 53.2 Å². The second kappa shape index (κ2) is 6.90. The molecule has 1 fully saturated rings. The fourth-order valence-corrected chi connectivity index (χ4v) is 3.09. The van der Waals surface area contributed by atoms with Gasteiger partial charge in [-0.15, -0.1) is 0 Å². The van der Waals surface area contributed by atoms with Crippen molar-refractivity contribution in [3.8, 4) is 11.3 Å². The van der Waals surface area contributed by atoms with E-state index >= 15 is 0 Å². The van der Waals surface area contributed by atoms with Gasteiger partial charge in [0.1, 0.15) is 5.69 Å². The summed E-state index contributed by atoms with van der Waals surface area (Å²) >= 11 is 0. The van der Waals surface area contributed by atoms with Gasteiger partial charge in [-0.1, -0.05) is 24.6 Å². The Hall–Kier alpha value is -2.09. The lowest BCUT2D eigenvalue weighted by atomic mass is 9.95. The minimum absolute atomic E-state index is 0.00870. The largest absolute Gasteiger partial charge is 0.433 e. The Labute approximate surface area is 146 Å². The SMILES string of the molecule is FC(F)(F)c1ccc(-c2ccc(C3CCCCN3)c(C(F)(F)F)n2)cc1. The zero-order valence-electron chi connectivity index (χ0n) is 13.6. The van der Waals surface area contributed by atoms with E-state index < -0.39 is 29.7 Å². The number of piperidine rings is 1. The van der Waals surface area contributed by atoms with Crippen LogP contribution in [-0.4, -0.2) is 11.5 Å². The predicted molar refractivity (Wildman–Crippen MR) is 84.3 cm³/mol. The van der Waals surface area contributed by atoms with Crippen LogP contribution in [0, 0.1) is 0 Å². The number of hydrogen-bond acceptors (Lipinski definition) is 2. The van der Waals surface area contributed by atoms with E-state index in [0.29, 0.717) is 13.0 Å². The van der Waals surface area contributed by atoms with E-state index in [2.05, 4.69) is 10.3 Å². The van der Waals surface area contributed by atoms with Crippen LogP contribution >= 0.6 is 0 Å². The topological polar surface area (TPSA) is 24.9 Å². The molecule has 3 rings (SSSR count). The summed E-state index contributed by atoms with van der Waals surface area (Å²) in [7, 11) is 0. The summed E-state index contributed by atoms with van der Waals surface area (Å²) in [5.74, 6) is 0. The quantitative estimate of drug-likeness (QED) is 0.692. The molecule has 26 heavy (non-hydrogen) atoms. The minimum Gasteiger partial charge on any atom is -0.310 e. The van der Waals surface area contributed by atoms with Crippen molar-refractivity contribution >= 4 is 0 Å². The number of nitrogens with one attached hydrogen (secondary N) is 1. The van der Waals surface area contributed by atoms with Gasteiger partial charge in [-0.3, -0.25) is 0 Å². The first-order valence-electron chi connectivity index (χ1n) is 8.15. The molecule has 1 aliphatic rings. The number of alkyl halides is 6. The fourth-order valence-electron chi connectivity index (χ4n) is 3.09. The fraction of sp³-hybridized carbons (Fsp3) is 0.389. The number of hydrogen-bond donors (Lipinski definition) is 1. The predicted octanol–water partition coefficient (Wildman–Crippen LogP) is 5.60. The van der Waals surface area contributed by atoms with Gasteiger partial charge in [-0.2, -0.15) is 26.3 Å². The Balaban J connectivity index is 1.99. The maximum atomic E-state index is 13.5. The van der Waals surface area contributed by atoms with Crippen LogP contribution in [0.5, 0.6) is 0 Å². The standard InChI is InChI=1S/C18H16F6N2/c19-17(20,21)12-6-4-11(5-7-12)14-9-8-13(15-3-1-2-10-25-15)16(26-14)18(22,23)24/h4-9,15,25H,1-3,10H2. The van der Waals surface area contributed by atoms with Crippen molar-refractivity contribution in [2.24, 2.45) is 0 Å². The zero-order valence-corrected chi connectivity index (χ0v) is 13.6. The molecule has 2 aromatic rings. The summed E-state index contributed by atoms with van der Waals surface area (Å²) in [5.41, 5.74) is -1.58. The maximum absolute atomic E-state index is 13.5. The van der Waals surface area contributed by atoms with Gasteiger partial charge in [0.25, 0.3) is 0 Å². The highest BCUT2D eigenvalue weighted by molar-refractivity contribution is 5.60. The lowest BCUT2D eigenvalue weighted by Gasteiger charge is -2.26. The first kappa shape index (κ1) is 18.7. The molecule has 8 heteroatoms. The van der Waals surface area contributed by atoms with Gasteiger partial charge < -0.3 is 5.32 Å². The first-order valence-corrected chi connectivity index (χ1v) is 8.15. The normalized spacial score (nSPS) is 18.8. The van der Waals surface area contributed by atoms with Crippen molar-refractivity contribution in [1.82, 2.24) is 10.3 Å². The van der Waals surface area contributed by atoms with E-state index in [-0.39, 0.29) is 16.8 Å². The highest BCUT2D eigenvalue weighted by Gasteiger charge is 2.38. The zero-order chi connectivity index (χ0) is 18.9. The molecule has 1 aromatic heterocycles. The van der Waals surface area contributed by atoms with Gasteiger partial charge in [0.05, 0.1) is 11.3 Å². The molecule has 2 nitrogen and oxygen atoms in total. The number of pyridine rings is 1. The number of benzene rings is 1. The third kappa shape index (κ3) is 4.00. The highest BCUT2D eigenvalue weighted by Crippen LogP contribution is 2.37. The van der Waals surface area contributed by atoms with E-state index in [1.54, 1.807) is 0 Å². The Bertz CT molecular complexity index is 759. The summed E-state index contributed by atoms with van der Waals surface area (Å²) in [5, 5.41) is 3.07. The molecule has 0 amide bonds. The number of halogens is 6. The van der Waals surface area contributed by atoms with E-state index in [1.165, 1.54) is 12.1 Å². The second-order valence-corrected chi connectivity index (χ2v) is 6.21. The third-order valence-corrected chi connectivity index (χ3v) is 4.39. The molecule has 1 unspecified atom stereocenters. The van der Waals surface area contributed by atoms with Crippen LogP contribution in [0.15, 0.2) is 36.4 Å². The molecule has 0 saturated carbocycles. The molecule has 0 spiro atoms. The summed E-state index contributed by atoms with van der Waals surface area (Å²) in [6, 6.07) is 6.29. The summed E-state index contributed by atoms with van der Waals surface area (Å²) in [6.07, 6.45) is -6.81. The molecule has 140 valence electrons. The Morgan fingerprint density at radius 2 is 1.54 bits per heavy atom. The van der Waals surface area contributed by atoms with Crippen LogP contribution in [-0.2, 0) is 12.4 Å². The lowest BCUT2D eigenvalue weighted by Crippen LogP contribution is -2.29. The molecule has 1 atom stereocenters. The Kier molecular flexibility index (Phi) is 4.96. The van der Waals surface area contributed by atoms with Crippen LogP contribution in [0.25, 0.3) is 11.3 Å².